The SMILES string of the molecule is C[Si](C)(C)O[Si](C)(C)CCC1COC(=O)O1. The summed E-state index contributed by atoms with van der Waals surface area (Å²) in [6.07, 6.45) is 0.259. The fourth-order valence-electron chi connectivity index (χ4n) is 1.90. The van der Waals surface area contributed by atoms with E-state index in [2.05, 4.69) is 32.7 Å². The topological polar surface area (TPSA) is 44.8 Å². The van der Waals surface area contributed by atoms with Crippen molar-refractivity contribution in [2.45, 2.75) is 51.3 Å². The lowest BCUT2D eigenvalue weighted by Crippen LogP contribution is -2.42. The van der Waals surface area contributed by atoms with E-state index in [1.165, 1.54) is 0 Å². The van der Waals surface area contributed by atoms with Crippen LogP contribution in [0.25, 0.3) is 0 Å². The normalized spacial score (nSPS) is 21.8. The smallest absolute Gasteiger partial charge is 0.456 e. The lowest BCUT2D eigenvalue weighted by atomic mass is 10.3. The lowest BCUT2D eigenvalue weighted by molar-refractivity contribution is 0.117. The average Bonchev–Trinajstić information content (AvgIpc) is 2.44. The van der Waals surface area contributed by atoms with Gasteiger partial charge in [0.25, 0.3) is 0 Å². The van der Waals surface area contributed by atoms with Crippen LogP contribution in [-0.2, 0) is 13.6 Å². The molecule has 0 aromatic carbocycles. The molecule has 0 aliphatic carbocycles. The molecule has 0 aromatic rings. The first-order valence-corrected chi connectivity index (χ1v) is 12.2. The highest BCUT2D eigenvalue weighted by Gasteiger charge is 2.32. The molecular formula is C10H22O4Si2. The predicted octanol–water partition coefficient (Wildman–Crippen LogP) is 2.97. The van der Waals surface area contributed by atoms with Crippen LogP contribution in [0.3, 0.4) is 0 Å². The minimum atomic E-state index is -1.61. The molecule has 94 valence electrons. The van der Waals surface area contributed by atoms with Crippen LogP contribution >= 0.6 is 0 Å². The van der Waals surface area contributed by atoms with Crippen LogP contribution < -0.4 is 0 Å². The molecular weight excluding hydrogens is 240 g/mol. The van der Waals surface area contributed by atoms with Crippen molar-refractivity contribution in [1.82, 2.24) is 0 Å². The van der Waals surface area contributed by atoms with Gasteiger partial charge in [0.1, 0.15) is 12.7 Å². The molecule has 16 heavy (non-hydrogen) atoms. The van der Waals surface area contributed by atoms with Crippen LogP contribution in [0.15, 0.2) is 0 Å². The Labute approximate surface area is 99.5 Å². The largest absolute Gasteiger partial charge is 0.508 e. The van der Waals surface area contributed by atoms with Gasteiger partial charge in [-0.1, -0.05) is 0 Å². The van der Waals surface area contributed by atoms with Crippen LogP contribution in [0.5, 0.6) is 0 Å². The van der Waals surface area contributed by atoms with E-state index in [0.29, 0.717) is 6.61 Å². The molecule has 0 amide bonds. The van der Waals surface area contributed by atoms with Crippen molar-refractivity contribution in [2.24, 2.45) is 0 Å². The molecule has 6 heteroatoms. The van der Waals surface area contributed by atoms with Gasteiger partial charge < -0.3 is 13.6 Å². The third-order valence-electron chi connectivity index (χ3n) is 2.30. The molecule has 0 radical (unpaired) electrons. The highest BCUT2D eigenvalue weighted by molar-refractivity contribution is 6.84. The highest BCUT2D eigenvalue weighted by atomic mass is 28.4. The number of carbonyl (C=O) groups is 1. The molecule has 1 saturated heterocycles. The minimum absolute atomic E-state index is 0.0653. The first-order valence-electron chi connectivity index (χ1n) is 5.72. The van der Waals surface area contributed by atoms with Crippen LogP contribution in [0.1, 0.15) is 6.42 Å². The Morgan fingerprint density at radius 1 is 1.31 bits per heavy atom. The first-order chi connectivity index (χ1) is 7.18. The summed E-state index contributed by atoms with van der Waals surface area (Å²) in [5.74, 6) is 0. The number of rotatable bonds is 5. The van der Waals surface area contributed by atoms with Crippen molar-refractivity contribution in [3.63, 3.8) is 0 Å². The zero-order chi connectivity index (χ0) is 12.4. The van der Waals surface area contributed by atoms with Crippen molar-refractivity contribution in [1.29, 1.82) is 0 Å². The number of ether oxygens (including phenoxy) is 2. The molecule has 1 rings (SSSR count). The van der Waals surface area contributed by atoms with Crippen LogP contribution in [0, 0.1) is 0 Å². The molecule has 0 N–H and O–H groups in total. The van der Waals surface area contributed by atoms with Crippen molar-refractivity contribution >= 4 is 22.8 Å². The summed E-state index contributed by atoms with van der Waals surface area (Å²) in [4.78, 5) is 10.7. The van der Waals surface area contributed by atoms with Gasteiger partial charge in [-0.15, -0.1) is 0 Å². The number of carbonyl (C=O) groups excluding carboxylic acids is 1. The minimum Gasteiger partial charge on any atom is -0.456 e. The summed E-state index contributed by atoms with van der Waals surface area (Å²) >= 11 is 0. The zero-order valence-corrected chi connectivity index (χ0v) is 12.8. The van der Waals surface area contributed by atoms with Gasteiger partial charge in [0.2, 0.25) is 0 Å². The fourth-order valence-corrected chi connectivity index (χ4v) is 9.95. The Balaban J connectivity index is 2.33. The molecule has 4 nitrogen and oxygen atoms in total. The molecule has 1 fully saturated rings. The second-order valence-corrected chi connectivity index (χ2v) is 14.9. The molecule has 0 spiro atoms. The summed E-state index contributed by atoms with van der Waals surface area (Å²) < 4.78 is 16.0. The van der Waals surface area contributed by atoms with E-state index in [1.54, 1.807) is 0 Å². The molecule has 1 aliphatic rings. The van der Waals surface area contributed by atoms with Crippen molar-refractivity contribution in [3.8, 4) is 0 Å². The molecule has 1 heterocycles. The van der Waals surface area contributed by atoms with E-state index < -0.39 is 22.8 Å². The van der Waals surface area contributed by atoms with E-state index in [-0.39, 0.29) is 6.10 Å². The second-order valence-electron chi connectivity index (χ2n) is 5.81. The fraction of sp³-hybridized carbons (Fsp3) is 0.900. The maximum absolute atomic E-state index is 10.7. The van der Waals surface area contributed by atoms with Crippen LogP contribution in [-0.4, -0.2) is 35.5 Å². The van der Waals surface area contributed by atoms with Crippen LogP contribution in [0.4, 0.5) is 4.79 Å². The van der Waals surface area contributed by atoms with Gasteiger partial charge in [-0.3, -0.25) is 0 Å². The van der Waals surface area contributed by atoms with Gasteiger partial charge in [-0.25, -0.2) is 4.79 Å². The monoisotopic (exact) mass is 262 g/mol. The molecule has 0 aromatic heterocycles. The van der Waals surface area contributed by atoms with Gasteiger partial charge >= 0.3 is 6.16 Å². The van der Waals surface area contributed by atoms with Gasteiger partial charge in [-0.2, -0.15) is 0 Å². The summed E-state index contributed by atoms with van der Waals surface area (Å²) in [6.45, 7) is 11.5. The summed E-state index contributed by atoms with van der Waals surface area (Å²) in [5, 5.41) is 0. The number of cyclic esters (lactones) is 2. The molecule has 1 atom stereocenters. The first kappa shape index (κ1) is 13.7. The maximum Gasteiger partial charge on any atom is 0.508 e. The van der Waals surface area contributed by atoms with E-state index in [0.717, 1.165) is 12.5 Å². The molecule has 0 saturated carbocycles. The van der Waals surface area contributed by atoms with Gasteiger partial charge in [-0.05, 0) is 45.2 Å². The summed E-state index contributed by atoms with van der Waals surface area (Å²) in [5.41, 5.74) is 0. The van der Waals surface area contributed by atoms with E-state index in [4.69, 9.17) is 13.6 Å². The van der Waals surface area contributed by atoms with E-state index >= 15 is 0 Å². The molecule has 1 aliphatic heterocycles. The van der Waals surface area contributed by atoms with Crippen LogP contribution in [0.2, 0.25) is 38.8 Å². The maximum atomic E-state index is 10.7. The van der Waals surface area contributed by atoms with Crippen molar-refractivity contribution in [3.05, 3.63) is 0 Å². The Morgan fingerprint density at radius 2 is 1.94 bits per heavy atom. The Hall–Kier alpha value is -0.336. The van der Waals surface area contributed by atoms with Crippen molar-refractivity contribution in [2.75, 3.05) is 6.61 Å². The zero-order valence-electron chi connectivity index (χ0n) is 10.8. The van der Waals surface area contributed by atoms with E-state index in [9.17, 15) is 4.79 Å². The van der Waals surface area contributed by atoms with Gasteiger partial charge in [0, 0.05) is 0 Å². The molecule has 0 bridgehead atoms. The average molecular weight is 262 g/mol. The summed E-state index contributed by atoms with van der Waals surface area (Å²) in [7, 11) is -3.07. The van der Waals surface area contributed by atoms with Gasteiger partial charge in [0.15, 0.2) is 16.6 Å². The Kier molecular flexibility index (Phi) is 4.19. The quantitative estimate of drug-likeness (QED) is 0.564. The Morgan fingerprint density at radius 3 is 2.38 bits per heavy atom. The van der Waals surface area contributed by atoms with Gasteiger partial charge in [0.05, 0.1) is 0 Å². The lowest BCUT2D eigenvalue weighted by Gasteiger charge is -2.31. The second kappa shape index (κ2) is 4.89. The van der Waals surface area contributed by atoms with E-state index in [1.807, 2.05) is 0 Å². The highest BCUT2D eigenvalue weighted by Crippen LogP contribution is 2.23. The molecule has 1 unspecified atom stereocenters. The third-order valence-corrected chi connectivity index (χ3v) is 8.45. The summed E-state index contributed by atoms with van der Waals surface area (Å²) in [6, 6.07) is 1.01. The number of hydrogen-bond donors (Lipinski definition) is 0. The number of hydrogen-bond acceptors (Lipinski definition) is 4. The predicted molar refractivity (Wildman–Crippen MR) is 67.6 cm³/mol. The van der Waals surface area contributed by atoms with Crippen molar-refractivity contribution < 1.29 is 18.4 Å². The third kappa shape index (κ3) is 5.13. The Bertz CT molecular complexity index is 260. The standard InChI is InChI=1S/C10H22O4Si2/c1-15(2,3)14-16(4,5)7-6-9-8-12-10(11)13-9/h9H,6-8H2,1-5H3.